The Balaban J connectivity index is 1.23. The van der Waals surface area contributed by atoms with E-state index in [1.165, 1.54) is 11.1 Å². The van der Waals surface area contributed by atoms with Crippen LogP contribution in [-0.4, -0.2) is 80.9 Å². The van der Waals surface area contributed by atoms with Gasteiger partial charge in [-0.05, 0) is 30.4 Å². The number of aliphatic hydroxyl groups excluding tert-OH is 1. The van der Waals surface area contributed by atoms with Gasteiger partial charge in [-0.1, -0.05) is 24.3 Å². The number of H-pyrrole nitrogens is 1. The summed E-state index contributed by atoms with van der Waals surface area (Å²) in [5.74, 6) is 1.27. The molecule has 1 atom stereocenters. The third-order valence-electron chi connectivity index (χ3n) is 7.18. The number of carbonyl (C=O) groups excluding carboxylic acids is 1. The zero-order valence-corrected chi connectivity index (χ0v) is 20.5. The van der Waals surface area contributed by atoms with Gasteiger partial charge in [-0.15, -0.1) is 0 Å². The minimum Gasteiger partial charge on any atom is -0.390 e. The number of nitrogens with zero attached hydrogens (tertiary/aromatic N) is 5. The first-order valence-corrected chi connectivity index (χ1v) is 12.5. The van der Waals surface area contributed by atoms with Crippen molar-refractivity contribution in [2.45, 2.75) is 44.9 Å². The molecule has 0 aliphatic carbocycles. The summed E-state index contributed by atoms with van der Waals surface area (Å²) in [6.45, 7) is 5.65. The average molecular weight is 489 g/mol. The number of benzene rings is 1. The molecule has 0 spiro atoms. The summed E-state index contributed by atoms with van der Waals surface area (Å²) in [6, 6.07) is 10.8. The molecule has 36 heavy (non-hydrogen) atoms. The van der Waals surface area contributed by atoms with Crippen molar-refractivity contribution in [3.63, 3.8) is 0 Å². The summed E-state index contributed by atoms with van der Waals surface area (Å²) in [6.07, 6.45) is 3.61. The first-order chi connectivity index (χ1) is 17.5. The van der Waals surface area contributed by atoms with Crippen LogP contribution in [0.1, 0.15) is 36.5 Å². The fourth-order valence-electron chi connectivity index (χ4n) is 5.18. The molecule has 1 amide bonds. The first-order valence-electron chi connectivity index (χ1n) is 12.5. The van der Waals surface area contributed by atoms with Crippen LogP contribution in [0.15, 0.2) is 30.5 Å². The van der Waals surface area contributed by atoms with Gasteiger partial charge in [0.15, 0.2) is 11.6 Å². The third-order valence-corrected chi connectivity index (χ3v) is 7.18. The second-order valence-corrected chi connectivity index (χ2v) is 9.67. The van der Waals surface area contributed by atoms with Crippen molar-refractivity contribution >= 4 is 28.4 Å². The number of carbonyl (C=O) groups is 1. The molecule has 1 fully saturated rings. The van der Waals surface area contributed by atoms with Gasteiger partial charge in [0.05, 0.1) is 17.1 Å². The van der Waals surface area contributed by atoms with Gasteiger partial charge < -0.3 is 20.6 Å². The molecule has 4 heterocycles. The van der Waals surface area contributed by atoms with E-state index in [1.807, 2.05) is 4.90 Å². The standard InChI is InChI=1S/C26H32N8O2/c1-17(35)34-10-7-21(8-11-34)30-26-24-23(20(12-27)13-28-26)25(32-31-24)29-14-22(36)16-33-9-6-18-4-2-3-5-19(18)15-33/h2-5,13,21-22,36H,6-11,14-16H2,1H3,(H,28,30)(H2,29,31,32)/t22-/m0/s1. The van der Waals surface area contributed by atoms with Crippen molar-refractivity contribution in [2.24, 2.45) is 0 Å². The summed E-state index contributed by atoms with van der Waals surface area (Å²) in [5.41, 5.74) is 3.78. The fraction of sp³-hybridized carbons (Fsp3) is 0.462. The van der Waals surface area contributed by atoms with Gasteiger partial charge in [0.1, 0.15) is 11.6 Å². The van der Waals surface area contributed by atoms with Crippen LogP contribution in [0.25, 0.3) is 10.9 Å². The van der Waals surface area contributed by atoms with Gasteiger partial charge in [0.25, 0.3) is 0 Å². The van der Waals surface area contributed by atoms with Gasteiger partial charge >= 0.3 is 0 Å². The van der Waals surface area contributed by atoms with Crippen LogP contribution in [0.2, 0.25) is 0 Å². The number of rotatable bonds is 7. The SMILES string of the molecule is CC(=O)N1CCC(Nc2ncc(C#N)c3c(NC[C@H](O)CN4CCc5ccccc5C4)n[nH]c23)CC1. The van der Waals surface area contributed by atoms with Crippen LogP contribution in [0.5, 0.6) is 0 Å². The lowest BCUT2D eigenvalue weighted by molar-refractivity contribution is -0.129. The van der Waals surface area contributed by atoms with Crippen LogP contribution < -0.4 is 10.6 Å². The minimum absolute atomic E-state index is 0.101. The molecule has 4 N–H and O–H groups in total. The number of aromatic nitrogens is 3. The molecule has 2 aromatic heterocycles. The topological polar surface area (TPSA) is 133 Å². The van der Waals surface area contributed by atoms with Crippen LogP contribution in [0.4, 0.5) is 11.6 Å². The highest BCUT2D eigenvalue weighted by atomic mass is 16.3. The Kier molecular flexibility index (Phi) is 7.02. The zero-order chi connectivity index (χ0) is 25.1. The Morgan fingerprint density at radius 3 is 2.78 bits per heavy atom. The number of hydrogen-bond donors (Lipinski definition) is 4. The number of amides is 1. The smallest absolute Gasteiger partial charge is 0.219 e. The van der Waals surface area contributed by atoms with E-state index in [0.717, 1.165) is 32.4 Å². The maximum Gasteiger partial charge on any atom is 0.219 e. The second kappa shape index (κ2) is 10.5. The number of aliphatic hydroxyl groups is 1. The van der Waals surface area contributed by atoms with E-state index in [1.54, 1.807) is 13.1 Å². The molecule has 0 bridgehead atoms. The maximum atomic E-state index is 11.6. The number of β-amino-alcohol motifs (C(OH)–C–C–N with tert-alkyl or cyclic N) is 1. The van der Waals surface area contributed by atoms with E-state index in [4.69, 9.17) is 0 Å². The molecular weight excluding hydrogens is 456 g/mol. The molecule has 2 aliphatic rings. The highest BCUT2D eigenvalue weighted by molar-refractivity contribution is 6.00. The Hall–Kier alpha value is -3.68. The number of fused-ring (bicyclic) bond motifs is 2. The molecule has 1 aromatic carbocycles. The van der Waals surface area contributed by atoms with Crippen molar-refractivity contribution in [1.29, 1.82) is 5.26 Å². The van der Waals surface area contributed by atoms with Crippen molar-refractivity contribution in [3.05, 3.63) is 47.2 Å². The number of anilines is 2. The van der Waals surface area contributed by atoms with Crippen LogP contribution in [0, 0.1) is 11.3 Å². The summed E-state index contributed by atoms with van der Waals surface area (Å²) < 4.78 is 0. The number of hydrogen-bond acceptors (Lipinski definition) is 8. The largest absolute Gasteiger partial charge is 0.390 e. The average Bonchev–Trinajstić information content (AvgIpc) is 3.32. The number of aromatic amines is 1. The number of nitrogens with one attached hydrogen (secondary N) is 3. The van der Waals surface area contributed by atoms with Gasteiger partial charge in [0.2, 0.25) is 5.91 Å². The summed E-state index contributed by atoms with van der Waals surface area (Å²) in [5, 5.41) is 35.2. The molecule has 3 aromatic rings. The van der Waals surface area contributed by atoms with E-state index < -0.39 is 6.10 Å². The Labute approximate surface area is 210 Å². The highest BCUT2D eigenvalue weighted by Crippen LogP contribution is 2.30. The maximum absolute atomic E-state index is 11.6. The molecule has 1 saturated heterocycles. The van der Waals surface area contributed by atoms with E-state index in [-0.39, 0.29) is 11.9 Å². The third kappa shape index (κ3) is 5.12. The van der Waals surface area contributed by atoms with Gasteiger partial charge in [-0.2, -0.15) is 10.4 Å². The van der Waals surface area contributed by atoms with Crippen LogP contribution in [0.3, 0.4) is 0 Å². The van der Waals surface area contributed by atoms with E-state index in [2.05, 4.69) is 61.0 Å². The fourth-order valence-corrected chi connectivity index (χ4v) is 5.18. The molecule has 10 nitrogen and oxygen atoms in total. The summed E-state index contributed by atoms with van der Waals surface area (Å²) >= 11 is 0. The molecule has 188 valence electrons. The van der Waals surface area contributed by atoms with Gasteiger partial charge in [-0.3, -0.25) is 14.8 Å². The first kappa shape index (κ1) is 24.0. The molecule has 0 radical (unpaired) electrons. The van der Waals surface area contributed by atoms with E-state index in [0.29, 0.717) is 54.3 Å². The van der Waals surface area contributed by atoms with Gasteiger partial charge in [-0.25, -0.2) is 4.98 Å². The van der Waals surface area contributed by atoms with E-state index >= 15 is 0 Å². The van der Waals surface area contributed by atoms with Crippen molar-refractivity contribution in [1.82, 2.24) is 25.0 Å². The Morgan fingerprint density at radius 1 is 1.25 bits per heavy atom. The predicted molar refractivity (Wildman–Crippen MR) is 137 cm³/mol. The van der Waals surface area contributed by atoms with E-state index in [9.17, 15) is 15.2 Å². The lowest BCUT2D eigenvalue weighted by Gasteiger charge is -2.32. The minimum atomic E-state index is -0.585. The van der Waals surface area contributed by atoms with Gasteiger partial charge in [0, 0.05) is 58.4 Å². The molecule has 10 heteroatoms. The number of pyridine rings is 1. The van der Waals surface area contributed by atoms with Crippen molar-refractivity contribution < 1.29 is 9.90 Å². The quantitative estimate of drug-likeness (QED) is 0.397. The lowest BCUT2D eigenvalue weighted by Crippen LogP contribution is -2.41. The molecular formula is C26H32N8O2. The molecule has 5 rings (SSSR count). The number of likely N-dealkylation sites (tertiary alicyclic amines) is 1. The predicted octanol–water partition coefficient (Wildman–Crippen LogP) is 2.08. The Morgan fingerprint density at radius 2 is 2.03 bits per heavy atom. The summed E-state index contributed by atoms with van der Waals surface area (Å²) in [7, 11) is 0. The van der Waals surface area contributed by atoms with Crippen LogP contribution in [-0.2, 0) is 17.8 Å². The zero-order valence-electron chi connectivity index (χ0n) is 20.5. The normalized spacial score (nSPS) is 17.4. The second-order valence-electron chi connectivity index (χ2n) is 9.67. The monoisotopic (exact) mass is 488 g/mol. The molecule has 2 aliphatic heterocycles. The summed E-state index contributed by atoms with van der Waals surface area (Å²) in [4.78, 5) is 20.2. The van der Waals surface area contributed by atoms with Crippen molar-refractivity contribution in [3.8, 4) is 6.07 Å². The number of nitriles is 1. The van der Waals surface area contributed by atoms with Crippen LogP contribution >= 0.6 is 0 Å². The lowest BCUT2D eigenvalue weighted by atomic mass is 10.00. The highest BCUT2D eigenvalue weighted by Gasteiger charge is 2.24. The molecule has 0 saturated carbocycles. The number of piperidine rings is 1. The Bertz CT molecular complexity index is 1270. The molecule has 0 unspecified atom stereocenters. The van der Waals surface area contributed by atoms with Crippen molar-refractivity contribution in [2.75, 3.05) is 43.4 Å².